The number of nitrogens with two attached hydrogens (primary N) is 1. The van der Waals surface area contributed by atoms with E-state index in [-0.39, 0.29) is 5.91 Å². The Balaban J connectivity index is 0.00000141. The molecule has 0 aliphatic heterocycles. The van der Waals surface area contributed by atoms with E-state index in [1.54, 1.807) is 33.5 Å². The molecular weight excluding hydrogens is 462 g/mol. The van der Waals surface area contributed by atoms with Gasteiger partial charge in [0.05, 0.1) is 17.4 Å². The van der Waals surface area contributed by atoms with Crippen LogP contribution in [0.2, 0.25) is 5.02 Å². The number of hydrogen-bond donors (Lipinski definition) is 2. The van der Waals surface area contributed by atoms with E-state index in [0.29, 0.717) is 16.3 Å². The van der Waals surface area contributed by atoms with Crippen molar-refractivity contribution in [3.05, 3.63) is 90.1 Å². The average Bonchev–Trinajstić information content (AvgIpc) is 3.52. The van der Waals surface area contributed by atoms with Gasteiger partial charge in [-0.05, 0) is 35.9 Å². The van der Waals surface area contributed by atoms with Crippen molar-refractivity contribution in [3.8, 4) is 22.4 Å². The summed E-state index contributed by atoms with van der Waals surface area (Å²) in [6, 6.07) is 15.6. The van der Waals surface area contributed by atoms with Gasteiger partial charge in [-0.15, -0.1) is 0 Å². The van der Waals surface area contributed by atoms with Crippen LogP contribution in [0.5, 0.6) is 0 Å². The van der Waals surface area contributed by atoms with Gasteiger partial charge in [-0.1, -0.05) is 49.7 Å². The van der Waals surface area contributed by atoms with Crippen LogP contribution in [0.1, 0.15) is 25.5 Å². The van der Waals surface area contributed by atoms with Crippen LogP contribution in [0.25, 0.3) is 27.9 Å². The monoisotopic (exact) mass is 487 g/mol. The van der Waals surface area contributed by atoms with Crippen molar-refractivity contribution in [3.63, 3.8) is 0 Å². The molecular formula is C26H26ClN7O. The molecule has 3 N–H and O–H groups in total. The number of carbonyl (C=O) groups is 1. The van der Waals surface area contributed by atoms with E-state index in [9.17, 15) is 4.79 Å². The molecule has 5 aromatic rings. The molecule has 1 unspecified atom stereocenters. The molecule has 1 atom stereocenters. The summed E-state index contributed by atoms with van der Waals surface area (Å²) in [6.07, 6.45) is 7.24. The maximum atomic E-state index is 12.6. The highest BCUT2D eigenvalue weighted by atomic mass is 35.5. The Morgan fingerprint density at radius 1 is 0.971 bits per heavy atom. The number of halogens is 1. The minimum atomic E-state index is -0.796. The summed E-state index contributed by atoms with van der Waals surface area (Å²) in [5.74, 6) is -0.304. The SMILES string of the molecule is CC.Cn1cc(-c2cc3c(-c4ccc(NC(=O)C(N)c5ccc(Cl)cc5)cc4)ncnn3c2)cn1. The first-order chi connectivity index (χ1) is 17.0. The van der Waals surface area contributed by atoms with Crippen LogP contribution >= 0.6 is 11.6 Å². The average molecular weight is 488 g/mol. The Labute approximate surface area is 208 Å². The van der Waals surface area contributed by atoms with E-state index < -0.39 is 6.04 Å². The molecule has 3 aromatic heterocycles. The van der Waals surface area contributed by atoms with Gasteiger partial charge in [0.2, 0.25) is 5.91 Å². The third-order valence-corrected chi connectivity index (χ3v) is 5.63. The lowest BCUT2D eigenvalue weighted by Gasteiger charge is -2.13. The van der Waals surface area contributed by atoms with Crippen LogP contribution in [-0.2, 0) is 11.8 Å². The summed E-state index contributed by atoms with van der Waals surface area (Å²) in [5, 5.41) is 12.0. The second-order valence-corrected chi connectivity index (χ2v) is 8.10. The Morgan fingerprint density at radius 3 is 2.34 bits per heavy atom. The first-order valence-electron chi connectivity index (χ1n) is 11.2. The lowest BCUT2D eigenvalue weighted by atomic mass is 10.1. The largest absolute Gasteiger partial charge is 0.324 e. The van der Waals surface area contributed by atoms with E-state index in [1.807, 2.05) is 69.8 Å². The van der Waals surface area contributed by atoms with Gasteiger partial charge in [0.15, 0.2) is 0 Å². The zero-order chi connectivity index (χ0) is 24.9. The summed E-state index contributed by atoms with van der Waals surface area (Å²) in [6.45, 7) is 4.00. The number of anilines is 1. The van der Waals surface area contributed by atoms with Gasteiger partial charge in [0, 0.05) is 46.8 Å². The van der Waals surface area contributed by atoms with E-state index >= 15 is 0 Å². The maximum absolute atomic E-state index is 12.6. The maximum Gasteiger partial charge on any atom is 0.245 e. The molecule has 5 rings (SSSR count). The van der Waals surface area contributed by atoms with Crippen LogP contribution < -0.4 is 11.1 Å². The smallest absolute Gasteiger partial charge is 0.245 e. The van der Waals surface area contributed by atoms with E-state index in [2.05, 4.69) is 20.5 Å². The van der Waals surface area contributed by atoms with Crippen molar-refractivity contribution in [2.24, 2.45) is 12.8 Å². The molecule has 0 aliphatic rings. The van der Waals surface area contributed by atoms with Crippen LogP contribution in [0.4, 0.5) is 5.69 Å². The highest BCUT2D eigenvalue weighted by Crippen LogP contribution is 2.28. The minimum Gasteiger partial charge on any atom is -0.324 e. The number of hydrogen-bond acceptors (Lipinski definition) is 5. The topological polar surface area (TPSA) is 103 Å². The number of aromatic nitrogens is 5. The molecule has 0 fully saturated rings. The lowest BCUT2D eigenvalue weighted by Crippen LogP contribution is -2.27. The number of carbonyl (C=O) groups excluding carboxylic acids is 1. The molecule has 1 amide bonds. The Hall–Kier alpha value is -4.01. The molecule has 0 bridgehead atoms. The summed E-state index contributed by atoms with van der Waals surface area (Å²) in [5.41, 5.74) is 12.0. The van der Waals surface area contributed by atoms with Gasteiger partial charge in [-0.25, -0.2) is 9.50 Å². The van der Waals surface area contributed by atoms with Crippen molar-refractivity contribution in [2.45, 2.75) is 19.9 Å². The van der Waals surface area contributed by atoms with Gasteiger partial charge in [-0.2, -0.15) is 10.2 Å². The van der Waals surface area contributed by atoms with Crippen LogP contribution in [-0.4, -0.2) is 30.3 Å². The predicted octanol–water partition coefficient (Wildman–Crippen LogP) is 5.11. The standard InChI is InChI=1S/C24H20ClN7O.C2H6/c1-31-12-18(11-28-31)17-10-21-23(27-14-29-32(21)13-17)16-4-8-20(9-5-16)30-24(33)22(26)15-2-6-19(25)7-3-15;1-2/h2-14,22H,26H2,1H3,(H,30,33);1-2H3. The van der Waals surface area contributed by atoms with Gasteiger partial charge >= 0.3 is 0 Å². The lowest BCUT2D eigenvalue weighted by molar-refractivity contribution is -0.117. The van der Waals surface area contributed by atoms with E-state index in [4.69, 9.17) is 17.3 Å². The number of rotatable bonds is 5. The van der Waals surface area contributed by atoms with Crippen LogP contribution in [0.3, 0.4) is 0 Å². The Kier molecular flexibility index (Phi) is 7.24. The molecule has 0 saturated heterocycles. The molecule has 0 saturated carbocycles. The van der Waals surface area contributed by atoms with Gasteiger partial charge in [0.1, 0.15) is 12.4 Å². The number of fused-ring (bicyclic) bond motifs is 1. The zero-order valence-electron chi connectivity index (χ0n) is 19.7. The zero-order valence-corrected chi connectivity index (χ0v) is 20.4. The van der Waals surface area contributed by atoms with Crippen LogP contribution in [0, 0.1) is 0 Å². The third kappa shape index (κ3) is 5.24. The van der Waals surface area contributed by atoms with Crippen molar-refractivity contribution in [2.75, 3.05) is 5.32 Å². The molecule has 3 heterocycles. The summed E-state index contributed by atoms with van der Waals surface area (Å²) >= 11 is 5.91. The number of amides is 1. The fourth-order valence-electron chi connectivity index (χ4n) is 3.63. The van der Waals surface area contributed by atoms with E-state index in [0.717, 1.165) is 27.9 Å². The van der Waals surface area contributed by atoms with Crippen LogP contribution in [0.15, 0.2) is 79.5 Å². The first kappa shape index (κ1) is 24.1. The fraction of sp³-hybridized carbons (Fsp3) is 0.154. The highest BCUT2D eigenvalue weighted by Gasteiger charge is 2.16. The first-order valence-corrected chi connectivity index (χ1v) is 11.6. The molecule has 0 radical (unpaired) electrons. The quantitative estimate of drug-likeness (QED) is 0.358. The molecule has 9 heteroatoms. The molecule has 0 aliphatic carbocycles. The Bertz CT molecular complexity index is 1440. The minimum absolute atomic E-state index is 0.304. The summed E-state index contributed by atoms with van der Waals surface area (Å²) in [4.78, 5) is 17.1. The Morgan fingerprint density at radius 2 is 1.69 bits per heavy atom. The van der Waals surface area contributed by atoms with E-state index in [1.165, 1.54) is 6.33 Å². The van der Waals surface area contributed by atoms with Crippen molar-refractivity contribution >= 4 is 28.7 Å². The second-order valence-electron chi connectivity index (χ2n) is 7.67. The highest BCUT2D eigenvalue weighted by molar-refractivity contribution is 6.30. The molecule has 0 spiro atoms. The second kappa shape index (κ2) is 10.5. The summed E-state index contributed by atoms with van der Waals surface area (Å²) < 4.78 is 3.56. The molecule has 178 valence electrons. The molecule has 8 nitrogen and oxygen atoms in total. The van der Waals surface area contributed by atoms with Gasteiger partial charge < -0.3 is 11.1 Å². The third-order valence-electron chi connectivity index (χ3n) is 5.38. The van der Waals surface area contributed by atoms with Crippen molar-refractivity contribution in [1.29, 1.82) is 0 Å². The fourth-order valence-corrected chi connectivity index (χ4v) is 3.76. The molecule has 35 heavy (non-hydrogen) atoms. The number of benzene rings is 2. The summed E-state index contributed by atoms with van der Waals surface area (Å²) in [7, 11) is 1.88. The normalized spacial score (nSPS) is 11.6. The van der Waals surface area contributed by atoms with Crippen molar-refractivity contribution in [1.82, 2.24) is 24.4 Å². The molecule has 2 aromatic carbocycles. The number of nitrogens with one attached hydrogen (secondary N) is 1. The number of aryl methyl sites for hydroxylation is 1. The van der Waals surface area contributed by atoms with Gasteiger partial charge in [-0.3, -0.25) is 9.48 Å². The number of nitrogens with zero attached hydrogens (tertiary/aromatic N) is 5. The van der Waals surface area contributed by atoms with Gasteiger partial charge in [0.25, 0.3) is 0 Å². The predicted molar refractivity (Wildman–Crippen MR) is 139 cm³/mol. The van der Waals surface area contributed by atoms with Crippen molar-refractivity contribution < 1.29 is 4.79 Å².